The number of ether oxygens (including phenoxy) is 1. The molecule has 0 saturated carbocycles. The molecule has 1 aromatic rings. The minimum Gasteiger partial charge on any atom is -0.477 e. The van der Waals surface area contributed by atoms with E-state index in [1.807, 2.05) is 0 Å². The molecule has 0 unspecified atom stereocenters. The lowest BCUT2D eigenvalue weighted by atomic mass is 10.4. The fraction of sp³-hybridized carbons (Fsp3) is 0.333. The van der Waals surface area contributed by atoms with Crippen molar-refractivity contribution in [3.05, 3.63) is 29.7 Å². The molecule has 88 valence electrons. The minimum atomic E-state index is -4.64. The summed E-state index contributed by atoms with van der Waals surface area (Å²) >= 11 is 5.42. The number of halogens is 4. The third-order valence-corrected chi connectivity index (χ3v) is 1.69. The van der Waals surface area contributed by atoms with Gasteiger partial charge in [0.25, 0.3) is 0 Å². The molecule has 0 atom stereocenters. The van der Waals surface area contributed by atoms with Crippen LogP contribution in [0.15, 0.2) is 18.7 Å². The van der Waals surface area contributed by atoms with Crippen molar-refractivity contribution in [2.75, 3.05) is 6.61 Å². The van der Waals surface area contributed by atoms with Crippen LogP contribution in [0.5, 0.6) is 5.88 Å². The Bertz CT molecular complexity index is 382. The van der Waals surface area contributed by atoms with E-state index in [9.17, 15) is 13.2 Å². The normalized spacial score (nSPS) is 11.2. The number of alkyl halides is 3. The first-order valence-electron chi connectivity index (χ1n) is 4.29. The summed E-state index contributed by atoms with van der Waals surface area (Å²) in [5.41, 5.74) is 0. The molecular formula is C9H8ClF3N2O. The molecule has 0 aliphatic rings. The van der Waals surface area contributed by atoms with Crippen molar-refractivity contribution in [3.8, 4) is 5.88 Å². The summed E-state index contributed by atoms with van der Waals surface area (Å²) in [6.45, 7) is 3.64. The SMILES string of the molecule is C=CCCOc1cc(Cl)nc(C(F)(F)F)n1. The van der Waals surface area contributed by atoms with Crippen LogP contribution in [-0.4, -0.2) is 16.6 Å². The lowest BCUT2D eigenvalue weighted by molar-refractivity contribution is -0.145. The Morgan fingerprint density at radius 1 is 1.44 bits per heavy atom. The van der Waals surface area contributed by atoms with Gasteiger partial charge in [0.2, 0.25) is 11.7 Å². The maximum absolute atomic E-state index is 12.3. The van der Waals surface area contributed by atoms with Crippen LogP contribution in [0.2, 0.25) is 5.15 Å². The molecule has 0 radical (unpaired) electrons. The van der Waals surface area contributed by atoms with E-state index in [1.54, 1.807) is 6.08 Å². The van der Waals surface area contributed by atoms with Gasteiger partial charge in [-0.1, -0.05) is 17.7 Å². The van der Waals surface area contributed by atoms with Crippen LogP contribution in [0.4, 0.5) is 13.2 Å². The highest BCUT2D eigenvalue weighted by Crippen LogP contribution is 2.28. The van der Waals surface area contributed by atoms with E-state index in [4.69, 9.17) is 16.3 Å². The van der Waals surface area contributed by atoms with Crippen molar-refractivity contribution in [2.45, 2.75) is 12.6 Å². The molecule has 16 heavy (non-hydrogen) atoms. The first kappa shape index (κ1) is 12.8. The standard InChI is InChI=1S/C9H8ClF3N2O/c1-2-3-4-16-7-5-6(10)14-8(15-7)9(11,12)13/h2,5H,1,3-4H2. The molecule has 1 heterocycles. The van der Waals surface area contributed by atoms with E-state index in [0.717, 1.165) is 6.07 Å². The van der Waals surface area contributed by atoms with Gasteiger partial charge in [0.05, 0.1) is 6.61 Å². The van der Waals surface area contributed by atoms with Gasteiger partial charge in [-0.05, 0) is 6.42 Å². The molecule has 0 spiro atoms. The molecule has 0 aromatic carbocycles. The molecule has 1 rings (SSSR count). The van der Waals surface area contributed by atoms with Gasteiger partial charge < -0.3 is 4.74 Å². The topological polar surface area (TPSA) is 35.0 Å². The number of aromatic nitrogens is 2. The molecule has 0 saturated heterocycles. The van der Waals surface area contributed by atoms with Crippen molar-refractivity contribution >= 4 is 11.6 Å². The maximum Gasteiger partial charge on any atom is 0.451 e. The van der Waals surface area contributed by atoms with Gasteiger partial charge in [0.15, 0.2) is 0 Å². The van der Waals surface area contributed by atoms with Gasteiger partial charge in [-0.25, -0.2) is 4.98 Å². The average Bonchev–Trinajstić information content (AvgIpc) is 2.16. The highest BCUT2D eigenvalue weighted by Gasteiger charge is 2.35. The fourth-order valence-electron chi connectivity index (χ4n) is 0.845. The number of hydrogen-bond donors (Lipinski definition) is 0. The zero-order valence-electron chi connectivity index (χ0n) is 8.09. The minimum absolute atomic E-state index is 0.189. The fourth-order valence-corrected chi connectivity index (χ4v) is 1.02. The molecule has 3 nitrogen and oxygen atoms in total. The first-order valence-corrected chi connectivity index (χ1v) is 4.66. The van der Waals surface area contributed by atoms with Crippen molar-refractivity contribution in [1.82, 2.24) is 9.97 Å². The lowest BCUT2D eigenvalue weighted by Crippen LogP contribution is -2.12. The predicted octanol–water partition coefficient (Wildman–Crippen LogP) is 3.10. The van der Waals surface area contributed by atoms with Crippen LogP contribution in [0.1, 0.15) is 12.2 Å². The summed E-state index contributed by atoms with van der Waals surface area (Å²) in [5.74, 6) is -1.51. The van der Waals surface area contributed by atoms with Crippen LogP contribution >= 0.6 is 11.6 Å². The van der Waals surface area contributed by atoms with Crippen LogP contribution in [-0.2, 0) is 6.18 Å². The summed E-state index contributed by atoms with van der Waals surface area (Å²) in [6, 6.07) is 1.12. The Kier molecular flexibility index (Phi) is 4.12. The van der Waals surface area contributed by atoms with E-state index in [-0.39, 0.29) is 17.6 Å². The maximum atomic E-state index is 12.3. The largest absolute Gasteiger partial charge is 0.477 e. The molecule has 0 amide bonds. The molecular weight excluding hydrogens is 245 g/mol. The highest BCUT2D eigenvalue weighted by molar-refractivity contribution is 6.29. The van der Waals surface area contributed by atoms with Crippen molar-refractivity contribution < 1.29 is 17.9 Å². The Hall–Kier alpha value is -1.30. The Morgan fingerprint density at radius 2 is 2.12 bits per heavy atom. The molecule has 1 aromatic heterocycles. The van der Waals surface area contributed by atoms with Crippen molar-refractivity contribution in [1.29, 1.82) is 0 Å². The zero-order chi connectivity index (χ0) is 12.2. The second-order valence-electron chi connectivity index (χ2n) is 2.78. The van der Waals surface area contributed by atoms with Gasteiger partial charge in [-0.3, -0.25) is 0 Å². The number of rotatable bonds is 4. The van der Waals surface area contributed by atoms with E-state index < -0.39 is 12.0 Å². The van der Waals surface area contributed by atoms with Gasteiger partial charge in [0, 0.05) is 6.07 Å². The smallest absolute Gasteiger partial charge is 0.451 e. The van der Waals surface area contributed by atoms with Crippen LogP contribution in [0.25, 0.3) is 0 Å². The van der Waals surface area contributed by atoms with Crippen LogP contribution in [0, 0.1) is 0 Å². The average molecular weight is 253 g/mol. The molecule has 0 aliphatic heterocycles. The Morgan fingerprint density at radius 3 is 2.69 bits per heavy atom. The third-order valence-electron chi connectivity index (χ3n) is 1.50. The van der Waals surface area contributed by atoms with Crippen molar-refractivity contribution in [2.24, 2.45) is 0 Å². The Balaban J connectivity index is 2.86. The van der Waals surface area contributed by atoms with Gasteiger partial charge in [-0.15, -0.1) is 6.58 Å². The lowest BCUT2D eigenvalue weighted by Gasteiger charge is -2.08. The van der Waals surface area contributed by atoms with E-state index in [0.29, 0.717) is 6.42 Å². The second kappa shape index (κ2) is 5.16. The molecule has 0 fully saturated rings. The highest BCUT2D eigenvalue weighted by atomic mass is 35.5. The van der Waals surface area contributed by atoms with E-state index in [1.165, 1.54) is 0 Å². The number of nitrogens with zero attached hydrogens (tertiary/aromatic N) is 2. The summed E-state index contributed by atoms with van der Waals surface area (Å²) in [7, 11) is 0. The monoisotopic (exact) mass is 252 g/mol. The zero-order valence-corrected chi connectivity index (χ0v) is 8.85. The van der Waals surface area contributed by atoms with Crippen LogP contribution < -0.4 is 4.74 Å². The summed E-state index contributed by atoms with van der Waals surface area (Å²) in [4.78, 5) is 6.26. The first-order chi connectivity index (χ1) is 7.43. The molecule has 0 aliphatic carbocycles. The van der Waals surface area contributed by atoms with Crippen molar-refractivity contribution in [3.63, 3.8) is 0 Å². The predicted molar refractivity (Wildman–Crippen MR) is 52.4 cm³/mol. The van der Waals surface area contributed by atoms with Crippen LogP contribution in [0.3, 0.4) is 0 Å². The Labute approximate surface area is 94.9 Å². The van der Waals surface area contributed by atoms with Gasteiger partial charge >= 0.3 is 6.18 Å². The molecule has 0 N–H and O–H groups in total. The summed E-state index contributed by atoms with van der Waals surface area (Å²) < 4.78 is 41.8. The summed E-state index contributed by atoms with van der Waals surface area (Å²) in [5, 5.41) is -0.309. The van der Waals surface area contributed by atoms with E-state index in [2.05, 4.69) is 16.5 Å². The molecule has 7 heteroatoms. The van der Waals surface area contributed by atoms with Gasteiger partial charge in [-0.2, -0.15) is 18.2 Å². The summed E-state index contributed by atoms with van der Waals surface area (Å²) in [6.07, 6.45) is -2.56. The third kappa shape index (κ3) is 3.69. The van der Waals surface area contributed by atoms with E-state index >= 15 is 0 Å². The second-order valence-corrected chi connectivity index (χ2v) is 3.16. The number of hydrogen-bond acceptors (Lipinski definition) is 3. The van der Waals surface area contributed by atoms with Gasteiger partial charge in [0.1, 0.15) is 5.15 Å². The molecule has 0 bridgehead atoms. The quantitative estimate of drug-likeness (QED) is 0.469.